The zero-order valence-electron chi connectivity index (χ0n) is 18.1. The van der Waals surface area contributed by atoms with Crippen LogP contribution in [0.4, 0.5) is 0 Å². The quantitative estimate of drug-likeness (QED) is 0.420. The summed E-state index contributed by atoms with van der Waals surface area (Å²) in [4.78, 5) is 32.3. The Morgan fingerprint density at radius 1 is 1.09 bits per heavy atom. The third kappa shape index (κ3) is 4.57. The summed E-state index contributed by atoms with van der Waals surface area (Å²) >= 11 is 1.43. The van der Waals surface area contributed by atoms with E-state index < -0.39 is 0 Å². The van der Waals surface area contributed by atoms with Gasteiger partial charge in [0.05, 0.1) is 22.7 Å². The lowest BCUT2D eigenvalue weighted by molar-refractivity contribution is 0.0922. The molecule has 32 heavy (non-hydrogen) atoms. The lowest BCUT2D eigenvalue weighted by Crippen LogP contribution is -2.33. The Balaban J connectivity index is 1.51. The summed E-state index contributed by atoms with van der Waals surface area (Å²) in [5, 5.41) is 13.0. The fourth-order valence-electron chi connectivity index (χ4n) is 3.40. The van der Waals surface area contributed by atoms with Crippen LogP contribution < -0.4 is 10.9 Å². The molecule has 4 aromatic rings. The predicted molar refractivity (Wildman–Crippen MR) is 124 cm³/mol. The van der Waals surface area contributed by atoms with E-state index in [9.17, 15) is 9.59 Å². The molecule has 0 saturated heterocycles. The highest BCUT2D eigenvalue weighted by Crippen LogP contribution is 2.25. The van der Waals surface area contributed by atoms with E-state index in [4.69, 9.17) is 0 Å². The fraction of sp³-hybridized carbons (Fsp3) is 0.261. The maximum Gasteiger partial charge on any atom is 0.258 e. The Morgan fingerprint density at radius 3 is 2.56 bits per heavy atom. The van der Waals surface area contributed by atoms with E-state index in [1.165, 1.54) is 11.8 Å². The highest BCUT2D eigenvalue weighted by atomic mass is 32.2. The number of nitrogens with one attached hydrogen (secondary N) is 2. The first-order valence-electron chi connectivity index (χ1n) is 10.3. The third-order valence-electron chi connectivity index (χ3n) is 5.14. The smallest absolute Gasteiger partial charge is 0.258 e. The number of benzene rings is 2. The summed E-state index contributed by atoms with van der Waals surface area (Å²) < 4.78 is 1.87. The number of aromatic amines is 1. The van der Waals surface area contributed by atoms with Crippen molar-refractivity contribution in [2.75, 3.05) is 0 Å². The van der Waals surface area contributed by atoms with Crippen LogP contribution in [-0.4, -0.2) is 30.6 Å². The molecule has 0 aliphatic heterocycles. The number of fused-ring (bicyclic) bond motifs is 1. The Kier molecular flexibility index (Phi) is 6.36. The first-order valence-corrected chi connectivity index (χ1v) is 11.3. The molecule has 4 rings (SSSR count). The van der Waals surface area contributed by atoms with Crippen molar-refractivity contribution < 1.29 is 4.79 Å². The molecule has 1 atom stereocenters. The second-order valence-electron chi connectivity index (χ2n) is 7.78. The molecule has 2 heterocycles. The zero-order valence-corrected chi connectivity index (χ0v) is 18.9. The van der Waals surface area contributed by atoms with Crippen molar-refractivity contribution in [1.82, 2.24) is 30.0 Å². The van der Waals surface area contributed by atoms with Crippen molar-refractivity contribution in [3.8, 4) is 0 Å². The summed E-state index contributed by atoms with van der Waals surface area (Å²) in [5.41, 5.74) is 1.10. The topological polar surface area (TPSA) is 106 Å². The molecular weight excluding hydrogens is 424 g/mol. The van der Waals surface area contributed by atoms with Crippen LogP contribution in [-0.2, 0) is 12.8 Å². The van der Waals surface area contributed by atoms with Gasteiger partial charge in [0.1, 0.15) is 5.82 Å². The van der Waals surface area contributed by atoms with E-state index in [-0.39, 0.29) is 23.4 Å². The molecule has 0 fully saturated rings. The van der Waals surface area contributed by atoms with Crippen LogP contribution >= 0.6 is 11.8 Å². The highest BCUT2D eigenvalue weighted by Gasteiger charge is 2.25. The van der Waals surface area contributed by atoms with E-state index in [1.807, 2.05) is 61.9 Å². The van der Waals surface area contributed by atoms with Crippen LogP contribution in [0.15, 0.2) is 64.5 Å². The molecule has 164 valence electrons. The summed E-state index contributed by atoms with van der Waals surface area (Å²) in [6.07, 6.45) is 0. The molecule has 2 aromatic heterocycles. The van der Waals surface area contributed by atoms with Crippen molar-refractivity contribution in [3.63, 3.8) is 0 Å². The van der Waals surface area contributed by atoms with Crippen molar-refractivity contribution in [2.45, 2.75) is 30.8 Å². The van der Waals surface area contributed by atoms with Gasteiger partial charge in [0.15, 0.2) is 11.0 Å². The minimum atomic E-state index is -0.298. The number of hydrogen-bond donors (Lipinski definition) is 2. The van der Waals surface area contributed by atoms with Crippen molar-refractivity contribution >= 4 is 28.6 Å². The first kappa shape index (κ1) is 21.8. The molecular formula is C23H24N6O2S. The van der Waals surface area contributed by atoms with Gasteiger partial charge in [-0.3, -0.25) is 9.59 Å². The van der Waals surface area contributed by atoms with Gasteiger partial charge < -0.3 is 14.9 Å². The van der Waals surface area contributed by atoms with Gasteiger partial charge in [-0.1, -0.05) is 55.9 Å². The second kappa shape index (κ2) is 9.35. The highest BCUT2D eigenvalue weighted by molar-refractivity contribution is 7.98. The molecule has 0 radical (unpaired) electrons. The number of para-hydroxylation sites is 1. The van der Waals surface area contributed by atoms with E-state index in [0.29, 0.717) is 39.0 Å². The molecule has 2 aromatic carbocycles. The number of rotatable bonds is 7. The average Bonchev–Trinajstić information content (AvgIpc) is 3.16. The van der Waals surface area contributed by atoms with Gasteiger partial charge in [-0.25, -0.2) is 4.98 Å². The van der Waals surface area contributed by atoms with Crippen LogP contribution in [0.25, 0.3) is 10.9 Å². The van der Waals surface area contributed by atoms with Crippen LogP contribution in [0.5, 0.6) is 0 Å². The summed E-state index contributed by atoms with van der Waals surface area (Å²) in [5.74, 6) is 1.64. The lowest BCUT2D eigenvalue weighted by Gasteiger charge is -2.21. The largest absolute Gasteiger partial charge is 0.342 e. The van der Waals surface area contributed by atoms with Crippen LogP contribution in [0.1, 0.15) is 41.9 Å². The van der Waals surface area contributed by atoms with Crippen LogP contribution in [0, 0.1) is 5.92 Å². The molecule has 0 aliphatic carbocycles. The van der Waals surface area contributed by atoms with Crippen molar-refractivity contribution in [1.29, 1.82) is 0 Å². The summed E-state index contributed by atoms with van der Waals surface area (Å²) in [7, 11) is 1.87. The van der Waals surface area contributed by atoms with Gasteiger partial charge >= 0.3 is 0 Å². The van der Waals surface area contributed by atoms with Gasteiger partial charge in [-0.05, 0) is 30.2 Å². The van der Waals surface area contributed by atoms with Gasteiger partial charge in [0.25, 0.3) is 11.5 Å². The Hall–Kier alpha value is -3.46. The van der Waals surface area contributed by atoms with Gasteiger partial charge in [-0.2, -0.15) is 0 Å². The average molecular weight is 449 g/mol. The third-order valence-corrected chi connectivity index (χ3v) is 6.17. The van der Waals surface area contributed by atoms with Crippen LogP contribution in [0.3, 0.4) is 0 Å². The Bertz CT molecular complexity index is 1300. The molecule has 1 unspecified atom stereocenters. The number of nitrogens with zero attached hydrogens (tertiary/aromatic N) is 4. The fourth-order valence-corrected chi connectivity index (χ4v) is 4.19. The normalized spacial score (nSPS) is 12.2. The van der Waals surface area contributed by atoms with Crippen molar-refractivity contribution in [2.24, 2.45) is 13.0 Å². The van der Waals surface area contributed by atoms with E-state index in [1.54, 1.807) is 18.2 Å². The summed E-state index contributed by atoms with van der Waals surface area (Å²) in [6, 6.07) is 16.1. The minimum absolute atomic E-state index is 0.113. The van der Waals surface area contributed by atoms with E-state index in [2.05, 4.69) is 25.5 Å². The molecule has 0 saturated carbocycles. The summed E-state index contributed by atoms with van der Waals surface area (Å²) in [6.45, 7) is 4.06. The molecule has 0 aliphatic rings. The maximum atomic E-state index is 12.7. The number of H-pyrrole nitrogens is 1. The van der Waals surface area contributed by atoms with Crippen molar-refractivity contribution in [3.05, 3.63) is 82.2 Å². The van der Waals surface area contributed by atoms with Gasteiger partial charge in [-0.15, -0.1) is 10.2 Å². The molecule has 9 heteroatoms. The monoisotopic (exact) mass is 448 g/mol. The number of aromatic nitrogens is 5. The number of amides is 1. The predicted octanol–water partition coefficient (Wildman–Crippen LogP) is 3.47. The number of carbonyl (C=O) groups excluding carboxylic acids is 1. The lowest BCUT2D eigenvalue weighted by atomic mass is 10.0. The van der Waals surface area contributed by atoms with E-state index >= 15 is 0 Å². The number of thioether (sulfide) groups is 1. The van der Waals surface area contributed by atoms with E-state index in [0.717, 1.165) is 0 Å². The maximum absolute atomic E-state index is 12.7. The van der Waals surface area contributed by atoms with Gasteiger partial charge in [0.2, 0.25) is 0 Å². The molecule has 0 spiro atoms. The Labute approximate surface area is 189 Å². The zero-order chi connectivity index (χ0) is 22.7. The molecule has 2 N–H and O–H groups in total. The van der Waals surface area contributed by atoms with Crippen LogP contribution in [0.2, 0.25) is 0 Å². The molecule has 8 nitrogen and oxygen atoms in total. The minimum Gasteiger partial charge on any atom is -0.342 e. The number of hydrogen-bond acceptors (Lipinski definition) is 6. The SMILES string of the molecule is CC(C)C(NC(=O)c1ccccc1)c1nnc(SCc2nc3ccccc3c(=O)[nH]2)n1C. The molecule has 1 amide bonds. The molecule has 0 bridgehead atoms. The number of carbonyl (C=O) groups is 1. The van der Waals surface area contributed by atoms with Gasteiger partial charge in [0, 0.05) is 12.6 Å². The first-order chi connectivity index (χ1) is 15.4. The standard InChI is InChI=1S/C23H24N6O2S/c1-14(2)19(26-21(30)15-9-5-4-6-10-15)20-27-28-23(29(20)3)32-13-18-24-17-12-8-7-11-16(17)22(31)25-18/h4-12,14,19H,13H2,1-3H3,(H,26,30)(H,24,25,31). The second-order valence-corrected chi connectivity index (χ2v) is 8.72. The Morgan fingerprint density at radius 2 is 1.81 bits per heavy atom.